The van der Waals surface area contributed by atoms with Crippen LogP contribution >= 0.6 is 36.8 Å². The maximum absolute atomic E-state index is 14.3. The van der Waals surface area contributed by atoms with Gasteiger partial charge in [-0.2, -0.15) is 15.3 Å². The number of benzene rings is 4. The minimum atomic E-state index is -0.344. The lowest BCUT2D eigenvalue weighted by molar-refractivity contribution is 0.100. The van der Waals surface area contributed by atoms with Crippen LogP contribution < -0.4 is 39.3 Å². The first kappa shape index (κ1) is 63.9. The van der Waals surface area contributed by atoms with Crippen molar-refractivity contribution in [1.29, 1.82) is 0 Å². The molecule has 0 amide bonds. The molecule has 9 heterocycles. The molecule has 26 nitrogen and oxygen atoms in total. The number of nitrogen functional groups attached to an aromatic ring is 4. The van der Waals surface area contributed by atoms with Gasteiger partial charge >= 0.3 is 0 Å². The predicted octanol–water partition coefficient (Wildman–Crippen LogP) is 9.97. The summed E-state index contributed by atoms with van der Waals surface area (Å²) in [5, 5.41) is 31.1. The lowest BCUT2D eigenvalue weighted by atomic mass is 10.1. The van der Waals surface area contributed by atoms with E-state index >= 15 is 0 Å². The number of ketones is 1. The van der Waals surface area contributed by atoms with Crippen molar-refractivity contribution in [3.8, 4) is 68.7 Å². The van der Waals surface area contributed by atoms with Gasteiger partial charge in [-0.25, -0.2) is 43.1 Å². The van der Waals surface area contributed by atoms with Crippen molar-refractivity contribution in [2.24, 2.45) is 5.73 Å². The third-order valence-corrected chi connectivity index (χ3v) is 13.7. The second-order valence-corrected chi connectivity index (χ2v) is 20.6. The van der Waals surface area contributed by atoms with Crippen LogP contribution in [-0.2, 0) is 19.6 Å². The van der Waals surface area contributed by atoms with Crippen molar-refractivity contribution in [2.45, 2.75) is 26.1 Å². The molecule has 0 aliphatic rings. The largest absolute Gasteiger partial charge is 0.394 e. The number of nitrogens with two attached hydrogens (primary N) is 5. The van der Waals surface area contributed by atoms with Crippen LogP contribution in [0.3, 0.4) is 0 Å². The number of thiocarbonyl (C=S) groups is 2. The number of anilines is 6. The molecule has 93 heavy (non-hydrogen) atoms. The summed E-state index contributed by atoms with van der Waals surface area (Å²) >= 11 is 10.1. The summed E-state index contributed by atoms with van der Waals surface area (Å²) in [6.45, 7) is 0.554. The second-order valence-electron chi connectivity index (χ2n) is 19.7. The van der Waals surface area contributed by atoms with Gasteiger partial charge in [0.05, 0.1) is 72.4 Å². The molecule has 13 aromatic rings. The number of rotatable bonds is 17. The van der Waals surface area contributed by atoms with Gasteiger partial charge < -0.3 is 52.9 Å². The SMILES string of the molecule is Cl.NC(=S)Nc1cnc(-c2cc(-c3ccon3)n(Cc3ccccc3F)n2)nc1N.Nc1cnc(-c2cc(-c3ccon3)n(Cc3ccccc3F)n2)nc1N.Nc1nc(-c2cc(-c3ccon3)n(Cc3ccccc3F)n2)ncc1NC(=S)CC(=O)c1ccccc1. The van der Waals surface area contributed by atoms with Crippen LogP contribution in [-0.4, -0.2) is 90.6 Å². The fourth-order valence-electron chi connectivity index (χ4n) is 8.91. The van der Waals surface area contributed by atoms with Crippen LogP contribution in [0.2, 0.25) is 0 Å². The fraction of sp³-hybridized carbons (Fsp3) is 0.0656. The van der Waals surface area contributed by atoms with Crippen molar-refractivity contribution in [1.82, 2.24) is 74.7 Å². The highest BCUT2D eigenvalue weighted by Gasteiger charge is 2.22. The maximum Gasteiger partial charge on any atom is 0.182 e. The van der Waals surface area contributed by atoms with Crippen molar-refractivity contribution in [2.75, 3.05) is 33.6 Å². The average Bonchev–Trinajstić information content (AvgIpc) is 1.71. The summed E-state index contributed by atoms with van der Waals surface area (Å²) in [5.74, 6) is 0.210. The van der Waals surface area contributed by atoms with E-state index in [1.807, 2.05) is 6.07 Å². The van der Waals surface area contributed by atoms with Crippen LogP contribution in [0.25, 0.3) is 68.7 Å². The number of hydrogen-bond acceptors (Lipinski definition) is 22. The number of hydrogen-bond donors (Lipinski definition) is 7. The molecule has 13 rings (SSSR count). The lowest BCUT2D eigenvalue weighted by Gasteiger charge is -2.10. The van der Waals surface area contributed by atoms with E-state index in [0.29, 0.717) is 95.7 Å². The van der Waals surface area contributed by atoms with Crippen molar-refractivity contribution >= 4 is 87.2 Å². The molecule has 12 N–H and O–H groups in total. The fourth-order valence-corrected chi connectivity index (χ4v) is 9.26. The topological polar surface area (TPSA) is 380 Å². The third kappa shape index (κ3) is 15.5. The molecule has 0 aliphatic carbocycles. The van der Waals surface area contributed by atoms with Gasteiger partial charge in [0.1, 0.15) is 81.8 Å². The molecule has 0 spiro atoms. The predicted molar refractivity (Wildman–Crippen MR) is 350 cm³/mol. The van der Waals surface area contributed by atoms with E-state index in [4.69, 9.17) is 66.7 Å². The second kappa shape index (κ2) is 29.0. The van der Waals surface area contributed by atoms with E-state index in [2.05, 4.69) is 71.3 Å². The summed E-state index contributed by atoms with van der Waals surface area (Å²) < 4.78 is 62.1. The van der Waals surface area contributed by atoms with Crippen LogP contribution in [0.5, 0.6) is 0 Å². The van der Waals surface area contributed by atoms with E-state index in [9.17, 15) is 18.0 Å². The Balaban J connectivity index is 0.000000154. The molecule has 0 aliphatic heterocycles. The Labute approximate surface area is 541 Å². The summed E-state index contributed by atoms with van der Waals surface area (Å²) in [7, 11) is 0. The molecule has 0 saturated heterocycles. The molecule has 0 radical (unpaired) electrons. The number of aromatic nitrogens is 15. The molecule has 0 bridgehead atoms. The normalized spacial score (nSPS) is 10.7. The molecule has 9 aromatic heterocycles. The number of carbonyl (C=O) groups is 1. The standard InChI is InChI=1S/C26H20FN7O2S.C18H15FN8OS.C17H14FN7O.ClH/c27-18-9-5-4-8-17(18)15-34-22(19-10-11-36-33-19)12-20(32-34)26-29-14-21(25(28)31-26)30-24(37)13-23(35)16-6-2-1-3-7-16;19-11-4-2-1-3-10(11)9-27-15(12-5-6-28-26-12)7-13(25-27)17-22-8-14(16(20)24-17)23-18(21)29;18-11-4-2-1-3-10(11)9-25-15(13-5-6-26-24-13)7-14(23-25)17-21-8-12(19)16(20)22-17;/h1-12,14H,13,15H2,(H,30,37)(H2,28,29,31);1-8H,9H2,(H2,20,22,24)(H3,21,23,29);1-8H,9,19H2,(H2,20,21,22);1H. The van der Waals surface area contributed by atoms with Gasteiger partial charge in [0.15, 0.2) is 45.8 Å². The Bertz CT molecular complexity index is 4750. The van der Waals surface area contributed by atoms with Gasteiger partial charge in [-0.15, -0.1) is 12.4 Å². The van der Waals surface area contributed by atoms with Gasteiger partial charge in [0, 0.05) is 40.5 Å². The Morgan fingerprint density at radius 2 is 0.839 bits per heavy atom. The van der Waals surface area contributed by atoms with Crippen molar-refractivity contribution in [3.63, 3.8) is 0 Å². The molecular formula is C61H50ClF3N22O4S2. The van der Waals surface area contributed by atoms with E-state index in [1.54, 1.807) is 129 Å². The smallest absolute Gasteiger partial charge is 0.182 e. The van der Waals surface area contributed by atoms with Crippen LogP contribution in [0.4, 0.5) is 47.7 Å². The van der Waals surface area contributed by atoms with Crippen LogP contribution in [0.15, 0.2) is 190 Å². The first-order valence-corrected chi connectivity index (χ1v) is 28.2. The molecule has 0 fully saturated rings. The van der Waals surface area contributed by atoms with Crippen molar-refractivity contribution in [3.05, 3.63) is 217 Å². The number of halogens is 4. The van der Waals surface area contributed by atoms with E-state index in [0.717, 1.165) is 0 Å². The number of nitrogens with one attached hydrogen (secondary N) is 2. The zero-order valence-electron chi connectivity index (χ0n) is 48.2. The molecule has 0 unspecified atom stereocenters. The summed E-state index contributed by atoms with van der Waals surface area (Å²) in [4.78, 5) is 38.3. The minimum Gasteiger partial charge on any atom is -0.394 e. The van der Waals surface area contributed by atoms with Gasteiger partial charge in [-0.3, -0.25) is 18.8 Å². The Kier molecular flexibility index (Phi) is 20.0. The summed E-state index contributed by atoms with van der Waals surface area (Å²) in [6.07, 6.45) is 8.71. The zero-order chi connectivity index (χ0) is 64.3. The maximum atomic E-state index is 14.3. The molecular weight excluding hydrogens is 1260 g/mol. The zero-order valence-corrected chi connectivity index (χ0v) is 50.6. The average molecular weight is 1310 g/mol. The highest BCUT2D eigenvalue weighted by atomic mass is 35.5. The van der Waals surface area contributed by atoms with Crippen LogP contribution in [0.1, 0.15) is 33.5 Å². The highest BCUT2D eigenvalue weighted by molar-refractivity contribution is 7.80. The van der Waals surface area contributed by atoms with Crippen molar-refractivity contribution < 1.29 is 31.5 Å². The Morgan fingerprint density at radius 3 is 1.19 bits per heavy atom. The third-order valence-electron chi connectivity index (χ3n) is 13.4. The van der Waals surface area contributed by atoms with E-state index < -0.39 is 0 Å². The van der Waals surface area contributed by atoms with Crippen LogP contribution in [0, 0.1) is 17.5 Å². The number of carbonyl (C=O) groups excluding carboxylic acids is 1. The minimum absolute atomic E-state index is 0. The molecule has 0 saturated carbocycles. The quantitative estimate of drug-likeness (QED) is 0.0329. The Morgan fingerprint density at radius 1 is 0.473 bits per heavy atom. The highest BCUT2D eigenvalue weighted by Crippen LogP contribution is 2.30. The Hall–Kier alpha value is -12.1. The summed E-state index contributed by atoms with van der Waals surface area (Å²) in [6, 6.07) is 38.6. The first-order valence-electron chi connectivity index (χ1n) is 27.4. The van der Waals surface area contributed by atoms with Gasteiger partial charge in [-0.1, -0.05) is 113 Å². The number of Topliss-reactive ketones (excluding diaryl/α,β-unsaturated/α-hetero) is 1. The monoisotopic (exact) mass is 1310 g/mol. The van der Waals surface area contributed by atoms with E-state index in [-0.39, 0.29) is 102 Å². The molecule has 4 aromatic carbocycles. The van der Waals surface area contributed by atoms with Gasteiger partial charge in [0.25, 0.3) is 0 Å². The molecule has 32 heteroatoms. The number of nitrogens with zero attached hydrogens (tertiary/aromatic N) is 15. The molecule has 468 valence electrons. The lowest BCUT2D eigenvalue weighted by Crippen LogP contribution is -2.20. The van der Waals surface area contributed by atoms with Gasteiger partial charge in [0.2, 0.25) is 0 Å². The van der Waals surface area contributed by atoms with Gasteiger partial charge in [-0.05, 0) is 48.6 Å². The summed E-state index contributed by atoms with van der Waals surface area (Å²) in [5.41, 5.74) is 36.8. The molecule has 0 atom stereocenters. The first-order chi connectivity index (χ1) is 44.6. The van der Waals surface area contributed by atoms with E-state index in [1.165, 1.54) is 55.6 Å².